The third kappa shape index (κ3) is 4.97. The second kappa shape index (κ2) is 8.96. The number of rotatable bonds is 3. The van der Waals surface area contributed by atoms with Crippen LogP contribution in [0.5, 0.6) is 0 Å². The molecule has 1 aromatic heterocycles. The van der Waals surface area contributed by atoms with Crippen molar-refractivity contribution in [2.45, 2.75) is 32.0 Å². The number of carbonyl (C=O) groups excluding carboxylic acids is 1. The van der Waals surface area contributed by atoms with Crippen LogP contribution in [0.2, 0.25) is 0 Å². The Morgan fingerprint density at radius 2 is 2.00 bits per heavy atom. The third-order valence-electron chi connectivity index (χ3n) is 4.84. The van der Waals surface area contributed by atoms with E-state index in [4.69, 9.17) is 0 Å². The van der Waals surface area contributed by atoms with E-state index in [1.165, 1.54) is 22.9 Å². The summed E-state index contributed by atoms with van der Waals surface area (Å²) in [7, 11) is 1.81. The van der Waals surface area contributed by atoms with Crippen LogP contribution in [-0.4, -0.2) is 46.8 Å². The monoisotopic (exact) mass is 430 g/mol. The van der Waals surface area contributed by atoms with Crippen molar-refractivity contribution in [3.63, 3.8) is 0 Å². The van der Waals surface area contributed by atoms with Gasteiger partial charge in [0.15, 0.2) is 5.69 Å². The fourth-order valence-corrected chi connectivity index (χ4v) is 3.32. The lowest BCUT2D eigenvalue weighted by Crippen LogP contribution is -2.48. The van der Waals surface area contributed by atoms with Crippen molar-refractivity contribution in [3.8, 4) is 5.69 Å². The summed E-state index contributed by atoms with van der Waals surface area (Å²) >= 11 is 0. The first-order valence-electron chi connectivity index (χ1n) is 8.96. The quantitative estimate of drug-likeness (QED) is 0.813. The number of carbonyl (C=O) groups is 1. The summed E-state index contributed by atoms with van der Waals surface area (Å²) in [6.45, 7) is 2.52. The van der Waals surface area contributed by atoms with Crippen LogP contribution >= 0.6 is 12.4 Å². The molecule has 1 saturated heterocycles. The molecule has 10 heteroatoms. The fourth-order valence-electron chi connectivity index (χ4n) is 3.32. The van der Waals surface area contributed by atoms with Gasteiger partial charge < -0.3 is 10.2 Å². The van der Waals surface area contributed by atoms with Crippen molar-refractivity contribution < 1.29 is 18.0 Å². The van der Waals surface area contributed by atoms with Crippen LogP contribution in [-0.2, 0) is 6.18 Å². The second-order valence-corrected chi connectivity index (χ2v) is 6.84. The number of piperidine rings is 1. The second-order valence-electron chi connectivity index (χ2n) is 6.84. The Bertz CT molecular complexity index is 946. The van der Waals surface area contributed by atoms with Crippen molar-refractivity contribution in [2.75, 3.05) is 20.1 Å². The first-order chi connectivity index (χ1) is 13.2. The average Bonchev–Trinajstić information content (AvgIpc) is 2.67. The SMILES string of the molecule is CNC1CCCN(C(=O)c2nn(-c3cccc(C(F)(F)F)c3)c(C)cc2=O)C1.Cl. The first kappa shape index (κ1) is 22.9. The van der Waals surface area contributed by atoms with Gasteiger partial charge in [0.05, 0.1) is 11.3 Å². The molecule has 0 radical (unpaired) electrons. The fraction of sp³-hybridized carbons (Fsp3) is 0.421. The molecule has 0 spiro atoms. The molecule has 1 aliphatic heterocycles. The van der Waals surface area contributed by atoms with Crippen LogP contribution in [0.4, 0.5) is 13.2 Å². The van der Waals surface area contributed by atoms with Crippen LogP contribution in [0.1, 0.15) is 34.6 Å². The Morgan fingerprint density at radius 1 is 1.28 bits per heavy atom. The number of aromatic nitrogens is 2. The van der Waals surface area contributed by atoms with Crippen LogP contribution < -0.4 is 10.7 Å². The molecule has 1 fully saturated rings. The van der Waals surface area contributed by atoms with Crippen molar-refractivity contribution >= 4 is 18.3 Å². The highest BCUT2D eigenvalue weighted by Gasteiger charge is 2.31. The van der Waals surface area contributed by atoms with Gasteiger partial charge in [-0.15, -0.1) is 12.4 Å². The molecule has 1 atom stereocenters. The van der Waals surface area contributed by atoms with Crippen LogP contribution in [0.3, 0.4) is 0 Å². The minimum Gasteiger partial charge on any atom is -0.336 e. The summed E-state index contributed by atoms with van der Waals surface area (Å²) in [6.07, 6.45) is -2.78. The third-order valence-corrected chi connectivity index (χ3v) is 4.84. The van der Waals surface area contributed by atoms with E-state index in [-0.39, 0.29) is 29.8 Å². The summed E-state index contributed by atoms with van der Waals surface area (Å²) in [5, 5.41) is 7.23. The molecule has 0 saturated carbocycles. The normalized spacial score (nSPS) is 17.0. The zero-order chi connectivity index (χ0) is 20.5. The van der Waals surface area contributed by atoms with Gasteiger partial charge in [-0.2, -0.15) is 18.3 Å². The molecule has 1 amide bonds. The molecule has 0 bridgehead atoms. The highest BCUT2D eigenvalue weighted by molar-refractivity contribution is 5.92. The predicted molar refractivity (Wildman–Crippen MR) is 105 cm³/mol. The molecule has 3 rings (SSSR count). The Labute approximate surface area is 172 Å². The van der Waals surface area contributed by atoms with Gasteiger partial charge in [-0.25, -0.2) is 4.68 Å². The van der Waals surface area contributed by atoms with Crippen LogP contribution in [0.15, 0.2) is 35.1 Å². The van der Waals surface area contributed by atoms with Crippen molar-refractivity contribution in [2.24, 2.45) is 0 Å². The molecule has 1 aromatic carbocycles. The van der Waals surface area contributed by atoms with Gasteiger partial charge in [0.25, 0.3) is 5.91 Å². The number of amides is 1. The van der Waals surface area contributed by atoms with E-state index in [0.717, 1.165) is 25.0 Å². The van der Waals surface area contributed by atoms with Crippen molar-refractivity contribution in [1.29, 1.82) is 0 Å². The summed E-state index contributed by atoms with van der Waals surface area (Å²) in [6, 6.07) is 5.97. The number of nitrogens with zero attached hydrogens (tertiary/aromatic N) is 3. The number of halogens is 4. The Morgan fingerprint density at radius 3 is 2.66 bits per heavy atom. The van der Waals surface area contributed by atoms with Gasteiger partial charge in [0.1, 0.15) is 0 Å². The number of benzene rings is 1. The standard InChI is InChI=1S/C19H21F3N4O2.ClH/c1-12-9-16(27)17(18(28)25-8-4-6-14(11-25)23-2)24-26(12)15-7-3-5-13(10-15)19(20,21)22;/h3,5,7,9-10,14,23H,4,6,8,11H2,1-2H3;1H. The molecule has 6 nitrogen and oxygen atoms in total. The van der Waals surface area contributed by atoms with E-state index in [1.54, 1.807) is 11.8 Å². The summed E-state index contributed by atoms with van der Waals surface area (Å²) in [4.78, 5) is 26.8. The van der Waals surface area contributed by atoms with Crippen molar-refractivity contribution in [3.05, 3.63) is 57.5 Å². The van der Waals surface area contributed by atoms with E-state index in [1.807, 2.05) is 7.05 Å². The highest BCUT2D eigenvalue weighted by atomic mass is 35.5. The van der Waals surface area contributed by atoms with Gasteiger partial charge in [-0.1, -0.05) is 6.07 Å². The zero-order valence-electron chi connectivity index (χ0n) is 16.0. The molecule has 1 N–H and O–H groups in total. The lowest BCUT2D eigenvalue weighted by molar-refractivity contribution is -0.137. The number of hydrogen-bond donors (Lipinski definition) is 1. The Kier molecular flexibility index (Phi) is 7.07. The minimum atomic E-state index is -4.50. The number of likely N-dealkylation sites (N-methyl/N-ethyl adjacent to an activating group) is 1. The average molecular weight is 431 g/mol. The highest BCUT2D eigenvalue weighted by Crippen LogP contribution is 2.30. The molecule has 2 heterocycles. The van der Waals surface area contributed by atoms with Gasteiger partial charge in [0, 0.05) is 30.9 Å². The number of likely N-dealkylation sites (tertiary alicyclic amines) is 1. The maximum Gasteiger partial charge on any atom is 0.416 e. The number of hydrogen-bond acceptors (Lipinski definition) is 4. The number of nitrogens with one attached hydrogen (secondary N) is 1. The zero-order valence-corrected chi connectivity index (χ0v) is 16.8. The molecule has 29 heavy (non-hydrogen) atoms. The van der Waals surface area contributed by atoms with Gasteiger partial charge in [0.2, 0.25) is 5.43 Å². The first-order valence-corrected chi connectivity index (χ1v) is 8.96. The number of aryl methyl sites for hydroxylation is 1. The molecule has 1 aliphatic rings. The predicted octanol–water partition coefficient (Wildman–Crippen LogP) is 2.81. The summed E-state index contributed by atoms with van der Waals surface area (Å²) < 4.78 is 40.3. The van der Waals surface area contributed by atoms with Gasteiger partial charge in [-0.05, 0) is 45.0 Å². The molecule has 2 aromatic rings. The van der Waals surface area contributed by atoms with Gasteiger partial charge in [-0.3, -0.25) is 9.59 Å². The van der Waals surface area contributed by atoms with Crippen molar-refractivity contribution in [1.82, 2.24) is 20.0 Å². The minimum absolute atomic E-state index is 0. The van der Waals surface area contributed by atoms with Crippen LogP contribution in [0.25, 0.3) is 5.69 Å². The van der Waals surface area contributed by atoms with Gasteiger partial charge >= 0.3 is 6.18 Å². The maximum atomic E-state index is 13.0. The Balaban J connectivity index is 0.00000300. The smallest absolute Gasteiger partial charge is 0.336 e. The van der Waals surface area contributed by atoms with E-state index in [0.29, 0.717) is 18.8 Å². The number of alkyl halides is 3. The molecule has 158 valence electrons. The van der Waals surface area contributed by atoms with E-state index < -0.39 is 23.1 Å². The molecular formula is C19H22ClF3N4O2. The molecular weight excluding hydrogens is 409 g/mol. The summed E-state index contributed by atoms with van der Waals surface area (Å²) in [5.41, 5.74) is -1.19. The van der Waals surface area contributed by atoms with E-state index in [9.17, 15) is 22.8 Å². The molecule has 1 unspecified atom stereocenters. The van der Waals surface area contributed by atoms with E-state index >= 15 is 0 Å². The Hall–Kier alpha value is -2.39. The lowest BCUT2D eigenvalue weighted by atomic mass is 10.1. The molecule has 0 aliphatic carbocycles. The summed E-state index contributed by atoms with van der Waals surface area (Å²) in [5.74, 6) is -0.509. The van der Waals surface area contributed by atoms with E-state index in [2.05, 4.69) is 10.4 Å². The maximum absolute atomic E-state index is 13.0. The lowest BCUT2D eigenvalue weighted by Gasteiger charge is -2.32. The topological polar surface area (TPSA) is 67.2 Å². The largest absolute Gasteiger partial charge is 0.416 e. The van der Waals surface area contributed by atoms with Crippen LogP contribution in [0, 0.1) is 6.92 Å².